The summed E-state index contributed by atoms with van der Waals surface area (Å²) in [4.78, 5) is 24.6. The zero-order chi connectivity index (χ0) is 13.7. The van der Waals surface area contributed by atoms with E-state index in [1.165, 1.54) is 5.56 Å². The third-order valence-electron chi connectivity index (χ3n) is 3.56. The second-order valence-electron chi connectivity index (χ2n) is 5.00. The zero-order valence-corrected chi connectivity index (χ0v) is 12.0. The number of hydrogen-bond donors (Lipinski definition) is 2. The van der Waals surface area contributed by atoms with Gasteiger partial charge in [0.1, 0.15) is 0 Å². The molecule has 1 aliphatic carbocycles. The van der Waals surface area contributed by atoms with E-state index in [0.29, 0.717) is 6.54 Å². The van der Waals surface area contributed by atoms with E-state index in [4.69, 9.17) is 0 Å². The molecule has 0 bridgehead atoms. The fourth-order valence-corrected chi connectivity index (χ4v) is 3.17. The highest BCUT2D eigenvalue weighted by molar-refractivity contribution is 7.10. The molecule has 4 nitrogen and oxygen atoms in total. The topological polar surface area (TPSA) is 58.2 Å². The smallest absolute Gasteiger partial charge is 0.239 e. The lowest BCUT2D eigenvalue weighted by Gasteiger charge is -2.10. The average molecular weight is 280 g/mol. The maximum atomic E-state index is 11.7. The van der Waals surface area contributed by atoms with E-state index in [0.717, 1.165) is 30.6 Å². The second-order valence-corrected chi connectivity index (χ2v) is 6.00. The quantitative estimate of drug-likeness (QED) is 0.866. The van der Waals surface area contributed by atoms with Crippen molar-refractivity contribution in [2.75, 3.05) is 6.54 Å². The largest absolute Gasteiger partial charge is 0.350 e. The molecule has 0 atom stereocenters. The van der Waals surface area contributed by atoms with Crippen LogP contribution >= 0.6 is 11.3 Å². The second kappa shape index (κ2) is 6.70. The van der Waals surface area contributed by atoms with Crippen molar-refractivity contribution in [3.63, 3.8) is 0 Å². The lowest BCUT2D eigenvalue weighted by atomic mass is 10.1. The monoisotopic (exact) mass is 280 g/mol. The number of amides is 2. The lowest BCUT2D eigenvalue weighted by molar-refractivity contribution is -0.128. The van der Waals surface area contributed by atoms with Crippen LogP contribution in [0.15, 0.2) is 11.4 Å². The Balaban J connectivity index is 1.67. The first-order valence-corrected chi connectivity index (χ1v) is 7.62. The molecule has 0 aromatic carbocycles. The van der Waals surface area contributed by atoms with E-state index >= 15 is 0 Å². The maximum Gasteiger partial charge on any atom is 0.239 e. The van der Waals surface area contributed by atoms with Crippen LogP contribution < -0.4 is 10.6 Å². The number of nitrogens with one attached hydrogen (secondary N) is 2. The summed E-state index contributed by atoms with van der Waals surface area (Å²) in [6.07, 6.45) is 4.17. The Labute approximate surface area is 117 Å². The first-order valence-electron chi connectivity index (χ1n) is 6.74. The summed E-state index contributed by atoms with van der Waals surface area (Å²) >= 11 is 1.63. The van der Waals surface area contributed by atoms with Crippen LogP contribution in [0.4, 0.5) is 0 Å². The molecule has 1 fully saturated rings. The summed E-state index contributed by atoms with van der Waals surface area (Å²) in [5.74, 6) is 0.0199. The van der Waals surface area contributed by atoms with Crippen LogP contribution in [-0.4, -0.2) is 18.4 Å². The zero-order valence-electron chi connectivity index (χ0n) is 11.2. The molecule has 0 spiro atoms. The normalized spacial score (nSPS) is 15.4. The van der Waals surface area contributed by atoms with Crippen molar-refractivity contribution in [1.82, 2.24) is 10.6 Å². The van der Waals surface area contributed by atoms with Crippen molar-refractivity contribution in [3.05, 3.63) is 21.9 Å². The van der Waals surface area contributed by atoms with E-state index in [1.807, 2.05) is 18.4 Å². The average Bonchev–Trinajstić information content (AvgIpc) is 3.05. The lowest BCUT2D eigenvalue weighted by Crippen LogP contribution is -2.38. The maximum absolute atomic E-state index is 11.7. The van der Waals surface area contributed by atoms with Crippen molar-refractivity contribution in [2.45, 2.75) is 39.2 Å². The molecule has 1 aromatic rings. The number of aryl methyl sites for hydroxylation is 1. The van der Waals surface area contributed by atoms with Gasteiger partial charge in [-0.15, -0.1) is 11.3 Å². The van der Waals surface area contributed by atoms with Crippen molar-refractivity contribution in [3.8, 4) is 0 Å². The molecule has 1 aromatic heterocycles. The molecule has 2 rings (SSSR count). The highest BCUT2D eigenvalue weighted by Gasteiger charge is 2.22. The minimum atomic E-state index is -0.126. The first-order chi connectivity index (χ1) is 9.16. The Bertz CT molecular complexity index is 450. The highest BCUT2D eigenvalue weighted by Crippen LogP contribution is 2.24. The van der Waals surface area contributed by atoms with Crippen LogP contribution in [0.2, 0.25) is 0 Å². The SMILES string of the molecule is Cc1ccsc1CNC(=O)CNC(=O)C1CCCC1. The molecule has 0 saturated heterocycles. The van der Waals surface area contributed by atoms with E-state index in [9.17, 15) is 9.59 Å². The fraction of sp³-hybridized carbons (Fsp3) is 0.571. The third kappa shape index (κ3) is 4.06. The van der Waals surface area contributed by atoms with Gasteiger partial charge in [-0.05, 0) is 36.8 Å². The van der Waals surface area contributed by atoms with Gasteiger partial charge in [-0.25, -0.2) is 0 Å². The van der Waals surface area contributed by atoms with Gasteiger partial charge in [0.05, 0.1) is 13.1 Å². The molecular formula is C14H20N2O2S. The fourth-order valence-electron chi connectivity index (χ4n) is 2.33. The molecule has 1 heterocycles. The minimum Gasteiger partial charge on any atom is -0.350 e. The van der Waals surface area contributed by atoms with Crippen molar-refractivity contribution in [2.24, 2.45) is 5.92 Å². The first kappa shape index (κ1) is 14.1. The minimum absolute atomic E-state index is 0.0277. The number of carbonyl (C=O) groups excluding carboxylic acids is 2. The standard InChI is InChI=1S/C14H20N2O2S/c1-10-6-7-19-12(10)8-15-13(17)9-16-14(18)11-4-2-3-5-11/h6-7,11H,2-5,8-9H2,1H3,(H,15,17)(H,16,18). The number of thiophene rings is 1. The molecular weight excluding hydrogens is 260 g/mol. The molecule has 1 aliphatic rings. The number of carbonyl (C=O) groups is 2. The van der Waals surface area contributed by atoms with Crippen LogP contribution in [0.25, 0.3) is 0 Å². The molecule has 5 heteroatoms. The van der Waals surface area contributed by atoms with Crippen LogP contribution in [0.3, 0.4) is 0 Å². The molecule has 2 amide bonds. The molecule has 0 unspecified atom stereocenters. The van der Waals surface area contributed by atoms with E-state index in [2.05, 4.69) is 10.6 Å². The van der Waals surface area contributed by atoms with Crippen molar-refractivity contribution < 1.29 is 9.59 Å². The van der Waals surface area contributed by atoms with Gasteiger partial charge in [-0.3, -0.25) is 9.59 Å². The van der Waals surface area contributed by atoms with E-state index < -0.39 is 0 Å². The van der Waals surface area contributed by atoms with Gasteiger partial charge < -0.3 is 10.6 Å². The summed E-state index contributed by atoms with van der Waals surface area (Å²) in [7, 11) is 0. The summed E-state index contributed by atoms with van der Waals surface area (Å²) in [5.41, 5.74) is 1.19. The molecule has 19 heavy (non-hydrogen) atoms. The predicted molar refractivity (Wildman–Crippen MR) is 75.9 cm³/mol. The van der Waals surface area contributed by atoms with Gasteiger partial charge in [0.15, 0.2) is 0 Å². The summed E-state index contributed by atoms with van der Waals surface area (Å²) in [6.45, 7) is 2.65. The summed E-state index contributed by atoms with van der Waals surface area (Å²) in [5, 5.41) is 7.56. The third-order valence-corrected chi connectivity index (χ3v) is 4.59. The Morgan fingerprint density at radius 1 is 1.32 bits per heavy atom. The highest BCUT2D eigenvalue weighted by atomic mass is 32.1. The van der Waals surface area contributed by atoms with Gasteiger partial charge >= 0.3 is 0 Å². The summed E-state index contributed by atoms with van der Waals surface area (Å²) < 4.78 is 0. The van der Waals surface area contributed by atoms with Gasteiger partial charge in [0, 0.05) is 10.8 Å². The van der Waals surface area contributed by atoms with Gasteiger partial charge in [0.2, 0.25) is 11.8 Å². The molecule has 104 valence electrons. The van der Waals surface area contributed by atoms with Gasteiger partial charge in [-0.2, -0.15) is 0 Å². The Morgan fingerprint density at radius 3 is 2.68 bits per heavy atom. The summed E-state index contributed by atoms with van der Waals surface area (Å²) in [6, 6.07) is 2.04. The van der Waals surface area contributed by atoms with Crippen LogP contribution in [-0.2, 0) is 16.1 Å². The Hall–Kier alpha value is -1.36. The molecule has 0 radical (unpaired) electrons. The number of rotatable bonds is 5. The molecule has 1 saturated carbocycles. The van der Waals surface area contributed by atoms with E-state index in [1.54, 1.807) is 11.3 Å². The van der Waals surface area contributed by atoms with Crippen molar-refractivity contribution >= 4 is 23.2 Å². The van der Waals surface area contributed by atoms with Gasteiger partial charge in [-0.1, -0.05) is 12.8 Å². The van der Waals surface area contributed by atoms with E-state index in [-0.39, 0.29) is 24.3 Å². The Morgan fingerprint density at radius 2 is 2.05 bits per heavy atom. The molecule has 0 aliphatic heterocycles. The van der Waals surface area contributed by atoms with Gasteiger partial charge in [0.25, 0.3) is 0 Å². The van der Waals surface area contributed by atoms with Crippen molar-refractivity contribution in [1.29, 1.82) is 0 Å². The van der Waals surface area contributed by atoms with Crippen LogP contribution in [0, 0.1) is 12.8 Å². The molecule has 2 N–H and O–H groups in total. The number of hydrogen-bond acceptors (Lipinski definition) is 3. The predicted octanol–water partition coefficient (Wildman–Crippen LogP) is 1.98. The van der Waals surface area contributed by atoms with Crippen LogP contribution in [0.5, 0.6) is 0 Å². The van der Waals surface area contributed by atoms with Crippen LogP contribution in [0.1, 0.15) is 36.1 Å². The Kier molecular flexibility index (Phi) is 4.96.